The summed E-state index contributed by atoms with van der Waals surface area (Å²) in [5.41, 5.74) is 0.834. The molecule has 0 amide bonds. The van der Waals surface area contributed by atoms with Crippen LogP contribution in [0.1, 0.15) is 10.4 Å². The van der Waals surface area contributed by atoms with Crippen molar-refractivity contribution in [1.29, 1.82) is 0 Å². The number of hydrogen-bond donors (Lipinski definition) is 0. The maximum absolute atomic E-state index is 12.0. The Balaban J connectivity index is 2.31. The van der Waals surface area contributed by atoms with Crippen molar-refractivity contribution in [2.45, 2.75) is 17.8 Å². The molecule has 0 atom stereocenters. The molecule has 2 heterocycles. The molecule has 0 saturated heterocycles. The Bertz CT molecular complexity index is 620. The molecule has 0 unspecified atom stereocenters. The molecule has 0 fully saturated rings. The molecule has 2 rings (SSSR count). The van der Waals surface area contributed by atoms with E-state index in [4.69, 9.17) is 0 Å². The minimum atomic E-state index is -3.46. The van der Waals surface area contributed by atoms with Crippen molar-refractivity contribution in [3.8, 4) is 0 Å². The molecule has 2 aromatic heterocycles. The molecule has 0 N–H and O–H groups in total. The molecule has 7 heteroatoms. The van der Waals surface area contributed by atoms with Gasteiger partial charge in [-0.1, -0.05) is 0 Å². The summed E-state index contributed by atoms with van der Waals surface area (Å²) in [7, 11) is -3.46. The Kier molecular flexibility index (Phi) is 3.60. The van der Waals surface area contributed by atoms with Gasteiger partial charge in [0, 0.05) is 21.7 Å². The number of aromatic nitrogens is 2. The Hall–Kier alpha value is -0.790. The van der Waals surface area contributed by atoms with Gasteiger partial charge in [-0.25, -0.2) is 18.4 Å². The van der Waals surface area contributed by atoms with Gasteiger partial charge < -0.3 is 0 Å². The van der Waals surface area contributed by atoms with E-state index in [1.54, 1.807) is 0 Å². The fourth-order valence-electron chi connectivity index (χ4n) is 1.21. The van der Waals surface area contributed by atoms with E-state index in [2.05, 4.69) is 25.9 Å². The maximum atomic E-state index is 12.0. The fourth-order valence-corrected chi connectivity index (χ4v) is 4.46. The van der Waals surface area contributed by atoms with Crippen LogP contribution in [-0.2, 0) is 15.6 Å². The van der Waals surface area contributed by atoms with Crippen LogP contribution < -0.4 is 0 Å². The topological polar surface area (TPSA) is 59.9 Å². The van der Waals surface area contributed by atoms with Crippen LogP contribution in [0.2, 0.25) is 0 Å². The molecular weight excluding hydrogens is 324 g/mol. The summed E-state index contributed by atoms with van der Waals surface area (Å²) in [6.07, 6.45) is 3.01. The van der Waals surface area contributed by atoms with E-state index in [1.807, 2.05) is 18.4 Å². The molecule has 2 aromatic rings. The quantitative estimate of drug-likeness (QED) is 0.810. The predicted molar refractivity (Wildman–Crippen MR) is 69.7 cm³/mol. The number of sulfone groups is 1. The first-order chi connectivity index (χ1) is 7.99. The third-order valence-corrected chi connectivity index (χ3v) is 5.59. The van der Waals surface area contributed by atoms with Crippen LogP contribution >= 0.6 is 27.3 Å². The van der Waals surface area contributed by atoms with Gasteiger partial charge >= 0.3 is 0 Å². The summed E-state index contributed by atoms with van der Waals surface area (Å²) in [6.45, 7) is 1.81. The number of thiophene rings is 1. The summed E-state index contributed by atoms with van der Waals surface area (Å²) < 4.78 is 24.9. The lowest BCUT2D eigenvalue weighted by Crippen LogP contribution is -2.08. The zero-order valence-electron chi connectivity index (χ0n) is 8.92. The highest BCUT2D eigenvalue weighted by Crippen LogP contribution is 2.26. The molecule has 0 saturated carbocycles. The Morgan fingerprint density at radius 3 is 2.53 bits per heavy atom. The van der Waals surface area contributed by atoms with E-state index in [-0.39, 0.29) is 10.9 Å². The molecule has 0 spiro atoms. The van der Waals surface area contributed by atoms with E-state index in [0.29, 0.717) is 0 Å². The van der Waals surface area contributed by atoms with E-state index in [0.717, 1.165) is 14.9 Å². The summed E-state index contributed by atoms with van der Waals surface area (Å²) >= 11 is 4.70. The molecule has 0 aliphatic heterocycles. The Labute approximate surface area is 112 Å². The van der Waals surface area contributed by atoms with Gasteiger partial charge in [0.2, 0.25) is 15.0 Å². The first kappa shape index (κ1) is 12.7. The normalized spacial score (nSPS) is 11.6. The monoisotopic (exact) mass is 332 g/mol. The number of nitrogens with zero attached hydrogens (tertiary/aromatic N) is 2. The number of halogens is 1. The third-order valence-electron chi connectivity index (χ3n) is 2.05. The van der Waals surface area contributed by atoms with E-state index >= 15 is 0 Å². The Morgan fingerprint density at radius 1 is 1.35 bits per heavy atom. The van der Waals surface area contributed by atoms with E-state index in [9.17, 15) is 8.42 Å². The van der Waals surface area contributed by atoms with E-state index in [1.165, 1.54) is 23.7 Å². The van der Waals surface area contributed by atoms with Gasteiger partial charge in [0.05, 0.1) is 5.75 Å². The van der Waals surface area contributed by atoms with Gasteiger partial charge in [0.15, 0.2) is 0 Å². The minimum Gasteiger partial charge on any atom is -0.227 e. The average molecular weight is 333 g/mol. The molecule has 0 bridgehead atoms. The van der Waals surface area contributed by atoms with Crippen LogP contribution in [0.15, 0.2) is 33.5 Å². The van der Waals surface area contributed by atoms with Crippen LogP contribution in [0.25, 0.3) is 0 Å². The molecule has 0 aromatic carbocycles. The molecule has 0 aliphatic rings. The average Bonchev–Trinajstić information content (AvgIpc) is 2.64. The summed E-state index contributed by atoms with van der Waals surface area (Å²) in [5.74, 6) is -0.0751. The van der Waals surface area contributed by atoms with Crippen molar-refractivity contribution in [3.63, 3.8) is 0 Å². The second-order valence-electron chi connectivity index (χ2n) is 3.49. The second kappa shape index (κ2) is 4.83. The van der Waals surface area contributed by atoms with Crippen molar-refractivity contribution in [1.82, 2.24) is 9.97 Å². The smallest absolute Gasteiger partial charge is 0.227 e. The van der Waals surface area contributed by atoms with Crippen molar-refractivity contribution in [2.75, 3.05) is 0 Å². The summed E-state index contributed by atoms with van der Waals surface area (Å²) in [5, 5.41) is 1.72. The molecule has 17 heavy (non-hydrogen) atoms. The van der Waals surface area contributed by atoms with Crippen LogP contribution in [-0.4, -0.2) is 18.4 Å². The molecule has 0 aliphatic carbocycles. The second-order valence-corrected chi connectivity index (χ2v) is 7.23. The van der Waals surface area contributed by atoms with Crippen LogP contribution in [0.5, 0.6) is 0 Å². The van der Waals surface area contributed by atoms with E-state index < -0.39 is 9.84 Å². The van der Waals surface area contributed by atoms with Gasteiger partial charge in [0.25, 0.3) is 0 Å². The van der Waals surface area contributed by atoms with Crippen LogP contribution in [0, 0.1) is 6.92 Å². The zero-order chi connectivity index (χ0) is 12.5. The largest absolute Gasteiger partial charge is 0.247 e. The van der Waals surface area contributed by atoms with Crippen molar-refractivity contribution >= 4 is 37.1 Å². The molecule has 0 radical (unpaired) electrons. The van der Waals surface area contributed by atoms with Crippen LogP contribution in [0.4, 0.5) is 0 Å². The molecule has 90 valence electrons. The highest BCUT2D eigenvalue weighted by molar-refractivity contribution is 9.10. The van der Waals surface area contributed by atoms with Gasteiger partial charge in [-0.15, -0.1) is 11.3 Å². The third kappa shape index (κ3) is 2.91. The van der Waals surface area contributed by atoms with Gasteiger partial charge in [-0.2, -0.15) is 0 Å². The van der Waals surface area contributed by atoms with Crippen LogP contribution in [0.3, 0.4) is 0 Å². The van der Waals surface area contributed by atoms with Gasteiger partial charge in [-0.3, -0.25) is 0 Å². The van der Waals surface area contributed by atoms with Gasteiger partial charge in [-0.05, 0) is 39.9 Å². The Morgan fingerprint density at radius 2 is 2.00 bits per heavy atom. The zero-order valence-corrected chi connectivity index (χ0v) is 12.1. The first-order valence-corrected chi connectivity index (χ1v) is 8.05. The number of aryl methyl sites for hydroxylation is 1. The first-order valence-electron chi connectivity index (χ1n) is 4.72. The highest BCUT2D eigenvalue weighted by atomic mass is 79.9. The lowest BCUT2D eigenvalue weighted by atomic mass is 10.4. The van der Waals surface area contributed by atoms with Crippen molar-refractivity contribution < 1.29 is 8.42 Å². The predicted octanol–water partition coefficient (Wildman–Crippen LogP) is 2.58. The number of hydrogen-bond acceptors (Lipinski definition) is 5. The standard InChI is InChI=1S/C10H9BrN2O2S2/c1-7-4-12-10(13-5-7)17(14,15)6-9-8(11)2-3-16-9/h2-5H,6H2,1H3. The van der Waals surface area contributed by atoms with Crippen molar-refractivity contribution in [3.05, 3.63) is 38.8 Å². The summed E-state index contributed by atoms with van der Waals surface area (Å²) in [4.78, 5) is 8.46. The lowest BCUT2D eigenvalue weighted by molar-refractivity contribution is 0.586. The lowest BCUT2D eigenvalue weighted by Gasteiger charge is -2.01. The number of rotatable bonds is 3. The van der Waals surface area contributed by atoms with Gasteiger partial charge in [0.1, 0.15) is 0 Å². The maximum Gasteiger partial charge on any atom is 0.247 e. The molecular formula is C10H9BrN2O2S2. The van der Waals surface area contributed by atoms with Crippen molar-refractivity contribution in [2.24, 2.45) is 0 Å². The minimum absolute atomic E-state index is 0.0751. The SMILES string of the molecule is Cc1cnc(S(=O)(=O)Cc2sccc2Br)nc1. The summed E-state index contributed by atoms with van der Waals surface area (Å²) in [6, 6.07) is 1.82. The molecule has 4 nitrogen and oxygen atoms in total. The fraction of sp³-hybridized carbons (Fsp3) is 0.200. The highest BCUT2D eigenvalue weighted by Gasteiger charge is 2.20.